The number of phenols is 1. The lowest BCUT2D eigenvalue weighted by Crippen LogP contribution is -2.16. The van der Waals surface area contributed by atoms with Crippen molar-refractivity contribution in [1.29, 1.82) is 0 Å². The van der Waals surface area contributed by atoms with Crippen molar-refractivity contribution in [3.8, 4) is 5.75 Å². The molecule has 15 heavy (non-hydrogen) atoms. The number of nitro groups is 1. The molecule has 0 radical (unpaired) electrons. The number of aromatic hydroxyl groups is 1. The third kappa shape index (κ3) is 3.22. The Hall–Kier alpha value is -1.05. The number of nitrogens with one attached hydrogen (secondary N) is 1. The normalized spacial score (nSPS) is 12.1. The first-order valence-electron chi connectivity index (χ1n) is 4.34. The molecular weight excluding hydrogens is 311 g/mol. The van der Waals surface area contributed by atoms with E-state index in [-0.39, 0.29) is 17.5 Å². The lowest BCUT2D eigenvalue weighted by Gasteiger charge is -2.11. The van der Waals surface area contributed by atoms with E-state index in [0.29, 0.717) is 5.69 Å². The monoisotopic (exact) mass is 322 g/mol. The summed E-state index contributed by atoms with van der Waals surface area (Å²) in [6.07, 6.45) is 0. The van der Waals surface area contributed by atoms with E-state index in [9.17, 15) is 15.2 Å². The van der Waals surface area contributed by atoms with Crippen molar-refractivity contribution >= 4 is 34.0 Å². The molecule has 2 N–H and O–H groups in total. The maximum atomic E-state index is 10.5. The lowest BCUT2D eigenvalue weighted by molar-refractivity contribution is -0.385. The Bertz CT molecular complexity index is 370. The van der Waals surface area contributed by atoms with E-state index >= 15 is 0 Å². The maximum absolute atomic E-state index is 10.5. The summed E-state index contributed by atoms with van der Waals surface area (Å²) in [5, 5.41) is 22.9. The first-order chi connectivity index (χ1) is 7.04. The molecule has 0 saturated heterocycles. The Morgan fingerprint density at radius 3 is 2.87 bits per heavy atom. The quantitative estimate of drug-likeness (QED) is 0.294. The second kappa shape index (κ2) is 5.15. The molecule has 1 aromatic carbocycles. The molecule has 0 bridgehead atoms. The van der Waals surface area contributed by atoms with E-state index in [1.54, 1.807) is 6.07 Å². The van der Waals surface area contributed by atoms with E-state index in [4.69, 9.17) is 0 Å². The average molecular weight is 322 g/mol. The van der Waals surface area contributed by atoms with Gasteiger partial charge in [-0.05, 0) is 19.1 Å². The minimum Gasteiger partial charge on any atom is -0.502 e. The van der Waals surface area contributed by atoms with Crippen LogP contribution in [0.3, 0.4) is 0 Å². The van der Waals surface area contributed by atoms with Gasteiger partial charge in [0.1, 0.15) is 0 Å². The Morgan fingerprint density at radius 1 is 1.67 bits per heavy atom. The highest BCUT2D eigenvalue weighted by Gasteiger charge is 2.13. The van der Waals surface area contributed by atoms with E-state index in [0.717, 1.165) is 4.43 Å². The van der Waals surface area contributed by atoms with Gasteiger partial charge >= 0.3 is 5.69 Å². The van der Waals surface area contributed by atoms with Crippen molar-refractivity contribution in [3.05, 3.63) is 28.3 Å². The SMILES string of the molecule is CC(CI)Nc1ccc(O)c([N+](=O)[O-])c1. The topological polar surface area (TPSA) is 75.4 Å². The van der Waals surface area contributed by atoms with Crippen LogP contribution in [0.5, 0.6) is 5.75 Å². The maximum Gasteiger partial charge on any atom is 0.312 e. The number of alkyl halides is 1. The summed E-state index contributed by atoms with van der Waals surface area (Å²) in [4.78, 5) is 9.94. The summed E-state index contributed by atoms with van der Waals surface area (Å²) in [6, 6.07) is 4.50. The molecule has 0 fully saturated rings. The highest BCUT2D eigenvalue weighted by Crippen LogP contribution is 2.28. The van der Waals surface area contributed by atoms with E-state index in [1.807, 2.05) is 6.92 Å². The van der Waals surface area contributed by atoms with Crippen LogP contribution >= 0.6 is 22.6 Å². The van der Waals surface area contributed by atoms with Crippen LogP contribution in [0.15, 0.2) is 18.2 Å². The van der Waals surface area contributed by atoms with Crippen LogP contribution in [-0.4, -0.2) is 20.5 Å². The van der Waals surface area contributed by atoms with Crippen molar-refractivity contribution in [2.24, 2.45) is 0 Å². The molecule has 0 aliphatic carbocycles. The smallest absolute Gasteiger partial charge is 0.312 e. The van der Waals surface area contributed by atoms with E-state index in [2.05, 4.69) is 27.9 Å². The highest BCUT2D eigenvalue weighted by atomic mass is 127. The molecule has 0 spiro atoms. The minimum absolute atomic E-state index is 0.231. The average Bonchev–Trinajstić information content (AvgIpc) is 2.20. The molecule has 0 aliphatic rings. The van der Waals surface area contributed by atoms with Crippen LogP contribution in [-0.2, 0) is 0 Å². The first-order valence-corrected chi connectivity index (χ1v) is 5.87. The highest BCUT2D eigenvalue weighted by molar-refractivity contribution is 14.1. The molecule has 5 nitrogen and oxygen atoms in total. The molecular formula is C9H11IN2O3. The van der Waals surface area contributed by atoms with E-state index < -0.39 is 4.92 Å². The van der Waals surface area contributed by atoms with Gasteiger partial charge in [-0.1, -0.05) is 22.6 Å². The summed E-state index contributed by atoms with van der Waals surface area (Å²) < 4.78 is 0.895. The number of nitro benzene ring substituents is 1. The Morgan fingerprint density at radius 2 is 2.33 bits per heavy atom. The van der Waals surface area contributed by atoms with Gasteiger partial charge in [0.05, 0.1) is 4.92 Å². The molecule has 0 aromatic heterocycles. The predicted molar refractivity (Wildman–Crippen MR) is 66.7 cm³/mol. The Labute approximate surface area is 101 Å². The van der Waals surface area contributed by atoms with Crippen molar-refractivity contribution in [3.63, 3.8) is 0 Å². The summed E-state index contributed by atoms with van der Waals surface area (Å²) in [5.74, 6) is -0.312. The fourth-order valence-electron chi connectivity index (χ4n) is 1.08. The largest absolute Gasteiger partial charge is 0.502 e. The molecule has 82 valence electrons. The number of phenolic OH excluding ortho intramolecular Hbond substituents is 1. The molecule has 1 unspecified atom stereocenters. The zero-order chi connectivity index (χ0) is 11.4. The lowest BCUT2D eigenvalue weighted by atomic mass is 10.2. The first kappa shape index (κ1) is 12.0. The van der Waals surface area contributed by atoms with Gasteiger partial charge in [-0.25, -0.2) is 0 Å². The summed E-state index contributed by atoms with van der Waals surface area (Å²) in [7, 11) is 0. The molecule has 6 heteroatoms. The number of anilines is 1. The zero-order valence-corrected chi connectivity index (χ0v) is 10.3. The molecule has 0 heterocycles. The van der Waals surface area contributed by atoms with Crippen LogP contribution in [0.4, 0.5) is 11.4 Å². The van der Waals surface area contributed by atoms with Crippen LogP contribution in [0.1, 0.15) is 6.92 Å². The number of benzene rings is 1. The van der Waals surface area contributed by atoms with Gasteiger partial charge in [0, 0.05) is 22.2 Å². The third-order valence-corrected chi connectivity index (χ3v) is 3.14. The molecule has 0 aliphatic heterocycles. The number of rotatable bonds is 4. The van der Waals surface area contributed by atoms with Gasteiger partial charge in [0.2, 0.25) is 0 Å². The van der Waals surface area contributed by atoms with Crippen molar-refractivity contribution < 1.29 is 10.0 Å². The van der Waals surface area contributed by atoms with Gasteiger partial charge in [-0.2, -0.15) is 0 Å². The molecule has 1 rings (SSSR count). The van der Waals surface area contributed by atoms with Gasteiger partial charge in [-0.15, -0.1) is 0 Å². The minimum atomic E-state index is -0.602. The summed E-state index contributed by atoms with van der Waals surface area (Å²) in [5.41, 5.74) is 0.365. The van der Waals surface area contributed by atoms with Crippen LogP contribution in [0.25, 0.3) is 0 Å². The van der Waals surface area contributed by atoms with Crippen LogP contribution < -0.4 is 5.32 Å². The van der Waals surface area contributed by atoms with Gasteiger partial charge < -0.3 is 10.4 Å². The second-order valence-electron chi connectivity index (χ2n) is 3.16. The molecule has 0 saturated carbocycles. The Balaban J connectivity index is 2.92. The zero-order valence-electron chi connectivity index (χ0n) is 8.11. The standard InChI is InChI=1S/C9H11IN2O3/c1-6(5-10)11-7-2-3-9(13)8(4-7)12(14)15/h2-4,6,11,13H,5H2,1H3. The van der Waals surface area contributed by atoms with E-state index in [1.165, 1.54) is 12.1 Å². The second-order valence-corrected chi connectivity index (χ2v) is 4.04. The molecule has 1 aromatic rings. The fourth-order valence-corrected chi connectivity index (χ4v) is 1.30. The van der Waals surface area contributed by atoms with Gasteiger partial charge in [-0.3, -0.25) is 10.1 Å². The van der Waals surface area contributed by atoms with Crippen molar-refractivity contribution in [2.45, 2.75) is 13.0 Å². The summed E-state index contributed by atoms with van der Waals surface area (Å²) in [6.45, 7) is 1.98. The van der Waals surface area contributed by atoms with Gasteiger partial charge in [0.15, 0.2) is 5.75 Å². The predicted octanol–water partition coefficient (Wildman–Crippen LogP) is 2.54. The Kier molecular flexibility index (Phi) is 4.13. The molecule has 1 atom stereocenters. The number of nitrogens with zero attached hydrogens (tertiary/aromatic N) is 1. The number of halogens is 1. The number of hydrogen-bond donors (Lipinski definition) is 2. The van der Waals surface area contributed by atoms with Crippen LogP contribution in [0.2, 0.25) is 0 Å². The van der Waals surface area contributed by atoms with Crippen molar-refractivity contribution in [1.82, 2.24) is 0 Å². The van der Waals surface area contributed by atoms with Crippen molar-refractivity contribution in [2.75, 3.05) is 9.74 Å². The van der Waals surface area contributed by atoms with Gasteiger partial charge in [0.25, 0.3) is 0 Å². The fraction of sp³-hybridized carbons (Fsp3) is 0.333. The van der Waals surface area contributed by atoms with Crippen LogP contribution in [0, 0.1) is 10.1 Å². The molecule has 0 amide bonds. The number of hydrogen-bond acceptors (Lipinski definition) is 4. The third-order valence-electron chi connectivity index (χ3n) is 1.82. The summed E-state index contributed by atoms with van der Waals surface area (Å²) >= 11 is 2.22.